The average Bonchev–Trinajstić information content (AvgIpc) is 2.81. The van der Waals surface area contributed by atoms with Gasteiger partial charge < -0.3 is 15.0 Å². The average molecular weight is 409 g/mol. The molecule has 0 aromatic heterocycles. The molecule has 0 heterocycles. The number of hydrogen-bond donors (Lipinski definition) is 1. The molecule has 4 nitrogen and oxygen atoms in total. The largest absolute Gasteiger partial charge is 0.494 e. The fourth-order valence-corrected chi connectivity index (χ4v) is 4.46. The molecule has 1 aliphatic rings. The van der Waals surface area contributed by atoms with E-state index in [2.05, 4.69) is 36.2 Å². The molecule has 0 unspecified atom stereocenters. The highest BCUT2D eigenvalue weighted by atomic mass is 16.5. The monoisotopic (exact) mass is 408 g/mol. The minimum atomic E-state index is -0.418. The summed E-state index contributed by atoms with van der Waals surface area (Å²) in [6.45, 7) is 8.30. The third kappa shape index (κ3) is 5.63. The molecule has 1 amide bonds. The Morgan fingerprint density at radius 2 is 1.63 bits per heavy atom. The van der Waals surface area contributed by atoms with Gasteiger partial charge in [-0.3, -0.25) is 4.79 Å². The van der Waals surface area contributed by atoms with E-state index in [-0.39, 0.29) is 5.91 Å². The van der Waals surface area contributed by atoms with Crippen LogP contribution in [0.15, 0.2) is 54.6 Å². The SMILES string of the molecule is CCN(CC)CCCOc1ccc(NC(=O)C2(c3ccccc3)CCCCC2)cc1. The molecule has 1 fully saturated rings. The third-order valence-corrected chi connectivity index (χ3v) is 6.36. The maximum atomic E-state index is 13.4. The molecule has 2 aromatic rings. The van der Waals surface area contributed by atoms with Gasteiger partial charge in [0, 0.05) is 12.2 Å². The number of amides is 1. The molecular weight excluding hydrogens is 372 g/mol. The Balaban J connectivity index is 1.58. The zero-order valence-corrected chi connectivity index (χ0v) is 18.5. The van der Waals surface area contributed by atoms with Gasteiger partial charge in [-0.1, -0.05) is 63.4 Å². The van der Waals surface area contributed by atoms with Crippen LogP contribution in [0.1, 0.15) is 57.9 Å². The van der Waals surface area contributed by atoms with Gasteiger partial charge in [0.15, 0.2) is 0 Å². The number of carbonyl (C=O) groups is 1. The standard InChI is InChI=1S/C26H36N2O2/c1-3-28(4-2)20-11-21-30-24-16-14-23(15-17-24)27-25(29)26(18-9-6-10-19-26)22-12-7-5-8-13-22/h5,7-8,12-17H,3-4,6,9-11,18-21H2,1-2H3,(H,27,29). The molecule has 3 rings (SSSR count). The minimum Gasteiger partial charge on any atom is -0.494 e. The van der Waals surface area contributed by atoms with Crippen molar-refractivity contribution in [3.8, 4) is 5.75 Å². The molecule has 0 radical (unpaired) electrons. The van der Waals surface area contributed by atoms with E-state index in [1.165, 1.54) is 6.42 Å². The van der Waals surface area contributed by atoms with Crippen LogP contribution in [-0.2, 0) is 10.2 Å². The lowest BCUT2D eigenvalue weighted by molar-refractivity contribution is -0.122. The zero-order valence-electron chi connectivity index (χ0n) is 18.5. The van der Waals surface area contributed by atoms with E-state index in [1.54, 1.807) is 0 Å². The second-order valence-corrected chi connectivity index (χ2v) is 8.22. The minimum absolute atomic E-state index is 0.112. The number of hydrogen-bond acceptors (Lipinski definition) is 3. The molecule has 1 saturated carbocycles. The summed E-state index contributed by atoms with van der Waals surface area (Å²) in [5.74, 6) is 0.962. The Hall–Kier alpha value is -2.33. The van der Waals surface area contributed by atoms with Crippen molar-refractivity contribution in [1.82, 2.24) is 4.90 Å². The van der Waals surface area contributed by atoms with Crippen LogP contribution in [0.5, 0.6) is 5.75 Å². The molecule has 162 valence electrons. The number of nitrogens with one attached hydrogen (secondary N) is 1. The first-order chi connectivity index (χ1) is 14.7. The fourth-order valence-electron chi connectivity index (χ4n) is 4.46. The van der Waals surface area contributed by atoms with Crippen LogP contribution in [0.25, 0.3) is 0 Å². The van der Waals surface area contributed by atoms with Gasteiger partial charge >= 0.3 is 0 Å². The number of anilines is 1. The molecule has 0 aliphatic heterocycles. The first-order valence-corrected chi connectivity index (χ1v) is 11.5. The number of rotatable bonds is 10. The molecular formula is C26H36N2O2. The number of ether oxygens (including phenoxy) is 1. The molecule has 2 aromatic carbocycles. The van der Waals surface area contributed by atoms with Crippen molar-refractivity contribution in [3.05, 3.63) is 60.2 Å². The van der Waals surface area contributed by atoms with Crippen LogP contribution < -0.4 is 10.1 Å². The van der Waals surface area contributed by atoms with Gasteiger partial charge in [-0.05, 0) is 62.2 Å². The highest BCUT2D eigenvalue weighted by molar-refractivity contribution is 5.99. The molecule has 4 heteroatoms. The van der Waals surface area contributed by atoms with Crippen LogP contribution >= 0.6 is 0 Å². The molecule has 0 spiro atoms. The Morgan fingerprint density at radius 1 is 0.967 bits per heavy atom. The zero-order chi connectivity index (χ0) is 21.2. The molecule has 1 N–H and O–H groups in total. The number of benzene rings is 2. The lowest BCUT2D eigenvalue weighted by Gasteiger charge is -2.36. The molecule has 1 aliphatic carbocycles. The predicted octanol–water partition coefficient (Wildman–Crippen LogP) is 5.64. The van der Waals surface area contributed by atoms with Gasteiger partial charge in [-0.25, -0.2) is 0 Å². The Morgan fingerprint density at radius 3 is 2.27 bits per heavy atom. The molecule has 0 atom stereocenters. The molecule has 0 bridgehead atoms. The smallest absolute Gasteiger partial charge is 0.235 e. The van der Waals surface area contributed by atoms with Gasteiger partial charge in [-0.2, -0.15) is 0 Å². The van der Waals surface area contributed by atoms with Gasteiger partial charge in [0.25, 0.3) is 0 Å². The number of carbonyl (C=O) groups excluding carboxylic acids is 1. The first kappa shape index (κ1) is 22.4. The summed E-state index contributed by atoms with van der Waals surface area (Å²) >= 11 is 0. The normalized spacial score (nSPS) is 15.7. The fraction of sp³-hybridized carbons (Fsp3) is 0.500. The van der Waals surface area contributed by atoms with E-state index in [0.717, 1.165) is 68.7 Å². The van der Waals surface area contributed by atoms with Crippen LogP contribution in [-0.4, -0.2) is 37.0 Å². The van der Waals surface area contributed by atoms with Crippen molar-refractivity contribution in [3.63, 3.8) is 0 Å². The second-order valence-electron chi connectivity index (χ2n) is 8.22. The van der Waals surface area contributed by atoms with E-state index >= 15 is 0 Å². The Kier molecular flexibility index (Phi) is 8.32. The number of nitrogens with zero attached hydrogens (tertiary/aromatic N) is 1. The van der Waals surface area contributed by atoms with Crippen LogP contribution in [0, 0.1) is 0 Å². The van der Waals surface area contributed by atoms with Crippen molar-refractivity contribution >= 4 is 11.6 Å². The van der Waals surface area contributed by atoms with Crippen molar-refractivity contribution in [2.45, 2.75) is 57.8 Å². The highest BCUT2D eigenvalue weighted by Crippen LogP contribution is 2.40. The van der Waals surface area contributed by atoms with E-state index < -0.39 is 5.41 Å². The Labute approximate surface area is 181 Å². The highest BCUT2D eigenvalue weighted by Gasteiger charge is 2.40. The Bertz CT molecular complexity index is 763. The molecule has 0 saturated heterocycles. The predicted molar refractivity (Wildman–Crippen MR) is 124 cm³/mol. The van der Waals surface area contributed by atoms with Gasteiger partial charge in [0.05, 0.1) is 12.0 Å². The van der Waals surface area contributed by atoms with E-state index in [4.69, 9.17) is 4.74 Å². The quantitative estimate of drug-likeness (QED) is 0.518. The van der Waals surface area contributed by atoms with Gasteiger partial charge in [0.2, 0.25) is 5.91 Å². The summed E-state index contributed by atoms with van der Waals surface area (Å²) in [5, 5.41) is 3.17. The summed E-state index contributed by atoms with van der Waals surface area (Å²) in [6.07, 6.45) is 6.25. The summed E-state index contributed by atoms with van der Waals surface area (Å²) in [7, 11) is 0. The first-order valence-electron chi connectivity index (χ1n) is 11.5. The third-order valence-electron chi connectivity index (χ3n) is 6.36. The van der Waals surface area contributed by atoms with Gasteiger partial charge in [0.1, 0.15) is 5.75 Å². The maximum absolute atomic E-state index is 13.4. The molecule has 30 heavy (non-hydrogen) atoms. The van der Waals surface area contributed by atoms with Crippen LogP contribution in [0.2, 0.25) is 0 Å². The van der Waals surface area contributed by atoms with Crippen molar-refractivity contribution in [2.24, 2.45) is 0 Å². The van der Waals surface area contributed by atoms with E-state index in [9.17, 15) is 4.79 Å². The second kappa shape index (κ2) is 11.2. The van der Waals surface area contributed by atoms with E-state index in [0.29, 0.717) is 6.61 Å². The van der Waals surface area contributed by atoms with Crippen molar-refractivity contribution in [1.29, 1.82) is 0 Å². The van der Waals surface area contributed by atoms with Crippen LogP contribution in [0.3, 0.4) is 0 Å². The lowest BCUT2D eigenvalue weighted by Crippen LogP contribution is -2.42. The topological polar surface area (TPSA) is 41.6 Å². The van der Waals surface area contributed by atoms with Crippen molar-refractivity contribution in [2.75, 3.05) is 31.6 Å². The van der Waals surface area contributed by atoms with Gasteiger partial charge in [-0.15, -0.1) is 0 Å². The van der Waals surface area contributed by atoms with Crippen LogP contribution in [0.4, 0.5) is 5.69 Å². The summed E-state index contributed by atoms with van der Waals surface area (Å²) in [5.41, 5.74) is 1.55. The maximum Gasteiger partial charge on any atom is 0.235 e. The lowest BCUT2D eigenvalue weighted by atomic mass is 9.68. The van der Waals surface area contributed by atoms with E-state index in [1.807, 2.05) is 42.5 Å². The van der Waals surface area contributed by atoms with Crippen molar-refractivity contribution < 1.29 is 9.53 Å². The summed E-state index contributed by atoms with van der Waals surface area (Å²) in [6, 6.07) is 18.1. The summed E-state index contributed by atoms with van der Waals surface area (Å²) in [4.78, 5) is 15.8. The summed E-state index contributed by atoms with van der Waals surface area (Å²) < 4.78 is 5.87.